The third kappa shape index (κ3) is 8.49. The van der Waals surface area contributed by atoms with Crippen molar-refractivity contribution in [2.75, 3.05) is 33.8 Å². The second-order valence-electron chi connectivity index (χ2n) is 8.55. The van der Waals surface area contributed by atoms with Crippen molar-refractivity contribution in [1.29, 1.82) is 0 Å². The lowest BCUT2D eigenvalue weighted by Crippen LogP contribution is -2.45. The van der Waals surface area contributed by atoms with E-state index in [0.717, 1.165) is 49.8 Å². The number of hydrogen-bond donors (Lipinski definition) is 1. The number of likely N-dealkylation sites (N-methyl/N-ethyl adjacent to an activating group) is 1. The van der Waals surface area contributed by atoms with Crippen LogP contribution in [0.25, 0.3) is 0 Å². The summed E-state index contributed by atoms with van der Waals surface area (Å²) in [5.41, 5.74) is 3.68. The highest BCUT2D eigenvalue weighted by Gasteiger charge is 2.20. The predicted octanol–water partition coefficient (Wildman–Crippen LogP) is 4.64. The van der Waals surface area contributed by atoms with Gasteiger partial charge in [0.15, 0.2) is 0 Å². The summed E-state index contributed by atoms with van der Waals surface area (Å²) < 4.78 is 5.44. The summed E-state index contributed by atoms with van der Waals surface area (Å²) in [7, 11) is 3.82. The Labute approximate surface area is 208 Å². The monoisotopic (exact) mass is 479 g/mol. The van der Waals surface area contributed by atoms with E-state index in [2.05, 4.69) is 64.6 Å². The molecule has 0 fully saturated rings. The van der Waals surface area contributed by atoms with E-state index in [0.29, 0.717) is 6.54 Å². The van der Waals surface area contributed by atoms with Crippen molar-refractivity contribution in [2.45, 2.75) is 25.6 Å². The summed E-state index contributed by atoms with van der Waals surface area (Å²) in [5, 5.41) is 3.53. The molecule has 0 radical (unpaired) electrons. The number of amides is 1. The molecule has 180 valence electrons. The summed E-state index contributed by atoms with van der Waals surface area (Å²) in [6, 6.07) is 27.1. The number of benzene rings is 3. The van der Waals surface area contributed by atoms with Crippen molar-refractivity contribution in [1.82, 2.24) is 15.1 Å². The molecule has 0 aromatic heterocycles. The van der Waals surface area contributed by atoms with Gasteiger partial charge in [-0.15, -0.1) is 0 Å². The Morgan fingerprint density at radius 3 is 2.29 bits per heavy atom. The molecule has 1 unspecified atom stereocenters. The molecule has 1 N–H and O–H groups in total. The zero-order valence-electron chi connectivity index (χ0n) is 20.0. The van der Waals surface area contributed by atoms with E-state index in [1.165, 1.54) is 16.7 Å². The van der Waals surface area contributed by atoms with E-state index in [4.69, 9.17) is 16.3 Å². The van der Waals surface area contributed by atoms with Crippen LogP contribution < -0.4 is 10.1 Å². The molecule has 1 atom stereocenters. The Kier molecular flexibility index (Phi) is 10.4. The second-order valence-corrected chi connectivity index (χ2v) is 8.98. The third-order valence-corrected chi connectivity index (χ3v) is 6.17. The molecule has 3 aromatic carbocycles. The Morgan fingerprint density at radius 2 is 1.62 bits per heavy atom. The van der Waals surface area contributed by atoms with Crippen LogP contribution in [-0.4, -0.2) is 56.0 Å². The smallest absolute Gasteiger partial charge is 0.207 e. The molecule has 0 aliphatic carbocycles. The molecule has 3 rings (SSSR count). The normalized spacial score (nSPS) is 12.0. The summed E-state index contributed by atoms with van der Waals surface area (Å²) in [5.74, 6) is 0.859. The zero-order valence-corrected chi connectivity index (χ0v) is 20.7. The van der Waals surface area contributed by atoms with Crippen LogP contribution in [0.5, 0.6) is 5.75 Å². The maximum Gasteiger partial charge on any atom is 0.207 e. The summed E-state index contributed by atoms with van der Waals surface area (Å²) in [6.07, 6.45) is 1.68. The summed E-state index contributed by atoms with van der Waals surface area (Å²) in [6.45, 7) is 3.82. The highest BCUT2D eigenvalue weighted by Crippen LogP contribution is 2.19. The molecular weight excluding hydrogens is 446 g/mol. The number of carbonyl (C=O) groups excluding carboxylic acids is 1. The molecule has 34 heavy (non-hydrogen) atoms. The van der Waals surface area contributed by atoms with Gasteiger partial charge in [0, 0.05) is 43.8 Å². The summed E-state index contributed by atoms with van der Waals surface area (Å²) >= 11 is 6.28. The Morgan fingerprint density at radius 1 is 0.941 bits per heavy atom. The molecule has 0 saturated carbocycles. The van der Waals surface area contributed by atoms with Crippen molar-refractivity contribution in [2.24, 2.45) is 0 Å². The number of halogens is 1. The van der Waals surface area contributed by atoms with Gasteiger partial charge in [0.2, 0.25) is 6.41 Å². The van der Waals surface area contributed by atoms with Crippen LogP contribution >= 0.6 is 11.6 Å². The van der Waals surface area contributed by atoms with Crippen molar-refractivity contribution in [3.63, 3.8) is 0 Å². The Hall–Kier alpha value is -2.86. The average molecular weight is 480 g/mol. The lowest BCUT2D eigenvalue weighted by atomic mass is 10.0. The number of carbonyl (C=O) groups is 1. The molecule has 6 heteroatoms. The fraction of sp³-hybridized carbons (Fsp3) is 0.321. The maximum absolute atomic E-state index is 10.8. The SMILES string of the molecule is COc1cccc(CN(Cc2cccc(Cl)c2)CC(Cc2ccccc2)N(C)CCNC=O)c1. The minimum Gasteiger partial charge on any atom is -0.497 e. The van der Waals surface area contributed by atoms with Crippen molar-refractivity contribution in [3.05, 3.63) is 101 Å². The first-order valence-corrected chi connectivity index (χ1v) is 12.0. The van der Waals surface area contributed by atoms with E-state index in [1.807, 2.05) is 36.4 Å². The third-order valence-electron chi connectivity index (χ3n) is 5.93. The molecular formula is C28H34ClN3O2. The number of methoxy groups -OCH3 is 1. The molecule has 1 amide bonds. The van der Waals surface area contributed by atoms with E-state index < -0.39 is 0 Å². The standard InChI is InChI=1S/C28H34ClN3O2/c1-31(15-14-30-22-33)27(17-23-8-4-3-5-9-23)21-32(19-24-10-6-12-26(29)16-24)20-25-11-7-13-28(18-25)34-2/h3-13,16,18,22,27H,14-15,17,19-21H2,1-2H3,(H,30,33). The van der Waals surface area contributed by atoms with Gasteiger partial charge in [-0.05, 0) is 54.4 Å². The van der Waals surface area contributed by atoms with Crippen molar-refractivity contribution < 1.29 is 9.53 Å². The topological polar surface area (TPSA) is 44.8 Å². The second kappa shape index (κ2) is 13.8. The number of nitrogens with one attached hydrogen (secondary N) is 1. The zero-order chi connectivity index (χ0) is 24.2. The van der Waals surface area contributed by atoms with Gasteiger partial charge >= 0.3 is 0 Å². The van der Waals surface area contributed by atoms with Crippen LogP contribution in [-0.2, 0) is 24.3 Å². The quantitative estimate of drug-likeness (QED) is 0.270. The first kappa shape index (κ1) is 25.8. The largest absolute Gasteiger partial charge is 0.497 e. The molecule has 3 aromatic rings. The Bertz CT molecular complexity index is 1020. The lowest BCUT2D eigenvalue weighted by molar-refractivity contribution is -0.109. The van der Waals surface area contributed by atoms with Gasteiger partial charge in [0.1, 0.15) is 5.75 Å². The van der Waals surface area contributed by atoms with Gasteiger partial charge in [0.25, 0.3) is 0 Å². The molecule has 0 spiro atoms. The minimum atomic E-state index is 0.264. The van der Waals surface area contributed by atoms with Crippen LogP contribution in [0.4, 0.5) is 0 Å². The number of nitrogens with zero attached hydrogens (tertiary/aromatic N) is 2. The fourth-order valence-corrected chi connectivity index (χ4v) is 4.35. The highest BCUT2D eigenvalue weighted by atomic mass is 35.5. The fourth-order valence-electron chi connectivity index (χ4n) is 4.13. The average Bonchev–Trinajstić information content (AvgIpc) is 2.84. The number of hydrogen-bond acceptors (Lipinski definition) is 4. The highest BCUT2D eigenvalue weighted by molar-refractivity contribution is 6.30. The van der Waals surface area contributed by atoms with Crippen LogP contribution in [0.1, 0.15) is 16.7 Å². The predicted molar refractivity (Wildman–Crippen MR) is 139 cm³/mol. The first-order chi connectivity index (χ1) is 16.6. The molecule has 0 bridgehead atoms. The minimum absolute atomic E-state index is 0.264. The maximum atomic E-state index is 10.8. The van der Waals surface area contributed by atoms with E-state index in [1.54, 1.807) is 7.11 Å². The molecule has 0 heterocycles. The molecule has 0 saturated heterocycles. The molecule has 0 aliphatic rings. The molecule has 0 aliphatic heterocycles. The number of ether oxygens (including phenoxy) is 1. The lowest BCUT2D eigenvalue weighted by Gasteiger charge is -2.34. The van der Waals surface area contributed by atoms with Crippen LogP contribution in [0.15, 0.2) is 78.9 Å². The van der Waals surface area contributed by atoms with Gasteiger partial charge in [-0.25, -0.2) is 0 Å². The molecule has 5 nitrogen and oxygen atoms in total. The van der Waals surface area contributed by atoms with Crippen molar-refractivity contribution in [3.8, 4) is 5.75 Å². The van der Waals surface area contributed by atoms with E-state index in [-0.39, 0.29) is 6.04 Å². The van der Waals surface area contributed by atoms with Gasteiger partial charge in [0.05, 0.1) is 7.11 Å². The number of rotatable bonds is 14. The Balaban J connectivity index is 1.83. The summed E-state index contributed by atoms with van der Waals surface area (Å²) in [4.78, 5) is 15.5. The van der Waals surface area contributed by atoms with E-state index >= 15 is 0 Å². The van der Waals surface area contributed by atoms with Gasteiger partial charge < -0.3 is 15.0 Å². The van der Waals surface area contributed by atoms with Gasteiger partial charge in [-0.2, -0.15) is 0 Å². The van der Waals surface area contributed by atoms with E-state index in [9.17, 15) is 4.79 Å². The van der Waals surface area contributed by atoms with Crippen LogP contribution in [0, 0.1) is 0 Å². The van der Waals surface area contributed by atoms with Gasteiger partial charge in [-0.3, -0.25) is 9.69 Å². The van der Waals surface area contributed by atoms with Crippen molar-refractivity contribution >= 4 is 18.0 Å². The van der Waals surface area contributed by atoms with Crippen LogP contribution in [0.3, 0.4) is 0 Å². The van der Waals surface area contributed by atoms with Crippen LogP contribution in [0.2, 0.25) is 5.02 Å². The van der Waals surface area contributed by atoms with Gasteiger partial charge in [-0.1, -0.05) is 66.2 Å². The first-order valence-electron chi connectivity index (χ1n) is 11.6.